The molecule has 2 heteroatoms. The molecule has 9 aromatic carbocycles. The predicted octanol–water partition coefficient (Wildman–Crippen LogP) is 14.9. The molecule has 0 atom stereocenters. The van der Waals surface area contributed by atoms with E-state index in [9.17, 15) is 0 Å². The van der Waals surface area contributed by atoms with Gasteiger partial charge in [-0.15, -0.1) is 0 Å². The number of ether oxygens (including phenoxy) is 2. The van der Waals surface area contributed by atoms with E-state index < -0.39 is 0 Å². The van der Waals surface area contributed by atoms with Gasteiger partial charge in [0.25, 0.3) is 0 Å². The maximum atomic E-state index is 6.68. The fourth-order valence-corrected chi connectivity index (χ4v) is 7.69. The number of fused-ring (bicyclic) bond motifs is 2. The molecule has 9 aromatic rings. The monoisotopic (exact) mass is 694 g/mol. The van der Waals surface area contributed by atoms with Crippen LogP contribution in [0.4, 0.5) is 0 Å². The van der Waals surface area contributed by atoms with Gasteiger partial charge in [0.1, 0.15) is 23.0 Å². The maximum Gasteiger partial charge on any atom is 0.135 e. The quantitative estimate of drug-likeness (QED) is 0.147. The summed E-state index contributed by atoms with van der Waals surface area (Å²) < 4.78 is 13.4. The molecule has 0 unspecified atom stereocenters. The van der Waals surface area contributed by atoms with Gasteiger partial charge in [-0.25, -0.2) is 0 Å². The molecule has 0 aliphatic carbocycles. The Morgan fingerprint density at radius 3 is 1.06 bits per heavy atom. The first kappa shape index (κ1) is 33.0. The summed E-state index contributed by atoms with van der Waals surface area (Å²) in [5.41, 5.74) is 11.5. The SMILES string of the molecule is Cc1ccccc1-c1ccc2c(-c3ccccc3Oc3ccccc3)c3cc(-c4ccccc4C)ccc3c(-c3ccccc3Oc3ccccc3)c2c1. The molecule has 0 saturated heterocycles. The predicted molar refractivity (Wildman–Crippen MR) is 226 cm³/mol. The van der Waals surface area contributed by atoms with E-state index in [1.54, 1.807) is 0 Å². The summed E-state index contributed by atoms with van der Waals surface area (Å²) in [7, 11) is 0. The third-order valence-electron chi connectivity index (χ3n) is 10.3. The van der Waals surface area contributed by atoms with E-state index in [1.807, 2.05) is 72.8 Å². The molecule has 0 aromatic heterocycles. The standard InChI is InChI=1S/C52H38O2/c1-35-17-9-11-23-41(35)37-29-31-43-47(33-37)51(45-25-13-15-27-49(45)53-39-19-5-3-6-20-39)44-32-30-38(42-24-12-10-18-36(42)2)34-48(44)52(43)46-26-14-16-28-50(46)54-40-21-7-4-8-22-40/h3-34H,1-2H3. The van der Waals surface area contributed by atoms with Crippen LogP contribution in [-0.4, -0.2) is 0 Å². The molecular formula is C52H38O2. The van der Waals surface area contributed by atoms with Crippen LogP contribution in [0.2, 0.25) is 0 Å². The van der Waals surface area contributed by atoms with E-state index in [2.05, 4.69) is 135 Å². The molecule has 2 nitrogen and oxygen atoms in total. The molecule has 0 amide bonds. The van der Waals surface area contributed by atoms with Crippen molar-refractivity contribution >= 4 is 21.5 Å². The first-order chi connectivity index (χ1) is 26.6. The van der Waals surface area contributed by atoms with Gasteiger partial charge in [-0.1, -0.05) is 146 Å². The second-order valence-corrected chi connectivity index (χ2v) is 13.7. The molecule has 258 valence electrons. The van der Waals surface area contributed by atoms with Crippen LogP contribution in [0, 0.1) is 13.8 Å². The van der Waals surface area contributed by atoms with Crippen molar-refractivity contribution in [2.75, 3.05) is 0 Å². The van der Waals surface area contributed by atoms with Crippen molar-refractivity contribution in [3.63, 3.8) is 0 Å². The molecule has 0 saturated carbocycles. The molecule has 0 aliphatic rings. The summed E-state index contributed by atoms with van der Waals surface area (Å²) in [6.45, 7) is 4.36. The molecule has 0 N–H and O–H groups in total. The van der Waals surface area contributed by atoms with E-state index in [-0.39, 0.29) is 0 Å². The third kappa shape index (κ3) is 6.18. The van der Waals surface area contributed by atoms with Crippen molar-refractivity contribution in [1.82, 2.24) is 0 Å². The second-order valence-electron chi connectivity index (χ2n) is 13.7. The highest BCUT2D eigenvalue weighted by molar-refractivity contribution is 6.23. The molecule has 0 fully saturated rings. The number of rotatable bonds is 8. The van der Waals surface area contributed by atoms with Gasteiger partial charge in [0.05, 0.1) is 0 Å². The number of hydrogen-bond donors (Lipinski definition) is 0. The summed E-state index contributed by atoms with van der Waals surface area (Å²) in [6, 6.07) is 68.0. The fourth-order valence-electron chi connectivity index (χ4n) is 7.69. The minimum atomic E-state index is 0.796. The highest BCUT2D eigenvalue weighted by Crippen LogP contribution is 2.50. The summed E-state index contributed by atoms with van der Waals surface area (Å²) in [4.78, 5) is 0. The van der Waals surface area contributed by atoms with Crippen LogP contribution < -0.4 is 9.47 Å². The molecule has 54 heavy (non-hydrogen) atoms. The van der Waals surface area contributed by atoms with E-state index in [0.29, 0.717) is 0 Å². The Labute approximate surface area is 316 Å². The van der Waals surface area contributed by atoms with Crippen molar-refractivity contribution < 1.29 is 9.47 Å². The number of hydrogen-bond acceptors (Lipinski definition) is 2. The van der Waals surface area contributed by atoms with Gasteiger partial charge in [0, 0.05) is 22.3 Å². The Hall–Kier alpha value is -6.90. The molecule has 0 aliphatic heterocycles. The van der Waals surface area contributed by atoms with E-state index in [0.717, 1.165) is 66.8 Å². The van der Waals surface area contributed by atoms with Gasteiger partial charge in [0.15, 0.2) is 0 Å². The summed E-state index contributed by atoms with van der Waals surface area (Å²) in [5, 5.41) is 4.55. The lowest BCUT2D eigenvalue weighted by atomic mass is 9.83. The van der Waals surface area contributed by atoms with Crippen LogP contribution in [0.3, 0.4) is 0 Å². The third-order valence-corrected chi connectivity index (χ3v) is 10.3. The largest absolute Gasteiger partial charge is 0.457 e. The van der Waals surface area contributed by atoms with Crippen LogP contribution in [0.25, 0.3) is 66.1 Å². The average molecular weight is 695 g/mol. The number of benzene rings is 9. The lowest BCUT2D eigenvalue weighted by Gasteiger charge is -2.22. The zero-order valence-electron chi connectivity index (χ0n) is 30.3. The van der Waals surface area contributed by atoms with Crippen LogP contribution in [0.15, 0.2) is 194 Å². The van der Waals surface area contributed by atoms with Gasteiger partial charge < -0.3 is 9.47 Å². The summed E-state index contributed by atoms with van der Waals surface area (Å²) >= 11 is 0. The highest BCUT2D eigenvalue weighted by atomic mass is 16.5. The first-order valence-corrected chi connectivity index (χ1v) is 18.4. The Balaban J connectivity index is 1.41. The normalized spacial score (nSPS) is 11.1. The van der Waals surface area contributed by atoms with Crippen LogP contribution in [0.5, 0.6) is 23.0 Å². The van der Waals surface area contributed by atoms with Crippen LogP contribution >= 0.6 is 0 Å². The van der Waals surface area contributed by atoms with E-state index >= 15 is 0 Å². The van der Waals surface area contributed by atoms with Crippen LogP contribution in [0.1, 0.15) is 11.1 Å². The maximum absolute atomic E-state index is 6.68. The van der Waals surface area contributed by atoms with Crippen LogP contribution in [-0.2, 0) is 0 Å². The fraction of sp³-hybridized carbons (Fsp3) is 0.0385. The smallest absolute Gasteiger partial charge is 0.135 e. The van der Waals surface area contributed by atoms with Gasteiger partial charge in [-0.05, 0) is 117 Å². The van der Waals surface area contributed by atoms with Gasteiger partial charge in [-0.3, -0.25) is 0 Å². The van der Waals surface area contributed by atoms with Crippen molar-refractivity contribution in [3.8, 4) is 67.5 Å². The summed E-state index contributed by atoms with van der Waals surface area (Å²) in [6.07, 6.45) is 0. The Morgan fingerprint density at radius 2 is 0.648 bits per heavy atom. The minimum absolute atomic E-state index is 0.796. The van der Waals surface area contributed by atoms with Gasteiger partial charge >= 0.3 is 0 Å². The van der Waals surface area contributed by atoms with Crippen molar-refractivity contribution in [2.24, 2.45) is 0 Å². The van der Waals surface area contributed by atoms with Gasteiger partial charge in [0.2, 0.25) is 0 Å². The first-order valence-electron chi connectivity index (χ1n) is 18.4. The zero-order valence-corrected chi connectivity index (χ0v) is 30.3. The van der Waals surface area contributed by atoms with E-state index in [4.69, 9.17) is 9.47 Å². The molecule has 0 radical (unpaired) electrons. The number of para-hydroxylation sites is 4. The van der Waals surface area contributed by atoms with Crippen molar-refractivity contribution in [2.45, 2.75) is 13.8 Å². The summed E-state index contributed by atoms with van der Waals surface area (Å²) in [5.74, 6) is 3.20. The Morgan fingerprint density at radius 1 is 0.296 bits per heavy atom. The number of aryl methyl sites for hydroxylation is 2. The van der Waals surface area contributed by atoms with Crippen molar-refractivity contribution in [3.05, 3.63) is 205 Å². The molecule has 0 bridgehead atoms. The second kappa shape index (κ2) is 14.3. The molecule has 0 heterocycles. The Bertz CT molecular complexity index is 2590. The van der Waals surface area contributed by atoms with Crippen molar-refractivity contribution in [1.29, 1.82) is 0 Å². The Kier molecular flexibility index (Phi) is 8.70. The average Bonchev–Trinajstić information content (AvgIpc) is 3.21. The molecule has 9 rings (SSSR count). The lowest BCUT2D eigenvalue weighted by molar-refractivity contribution is 0.484. The lowest BCUT2D eigenvalue weighted by Crippen LogP contribution is -1.96. The zero-order chi connectivity index (χ0) is 36.4. The topological polar surface area (TPSA) is 18.5 Å². The molecule has 0 spiro atoms. The highest BCUT2D eigenvalue weighted by Gasteiger charge is 2.23. The minimum Gasteiger partial charge on any atom is -0.457 e. The van der Waals surface area contributed by atoms with E-state index in [1.165, 1.54) is 33.4 Å². The molecular weight excluding hydrogens is 657 g/mol. The van der Waals surface area contributed by atoms with Gasteiger partial charge in [-0.2, -0.15) is 0 Å².